The van der Waals surface area contributed by atoms with Gasteiger partial charge in [-0.05, 0) is 35.6 Å². The maximum absolute atomic E-state index is 12.2. The summed E-state index contributed by atoms with van der Waals surface area (Å²) in [6.07, 6.45) is 2.20. The third-order valence-electron chi connectivity index (χ3n) is 4.40. The average molecular weight is 309 g/mol. The Balaban J connectivity index is 1.60. The standard InChI is InChI=1S/C19H19NO3/c21-18(11-14-6-2-4-8-17(14)19(22)23)20-12-15-10-9-13-5-1-3-7-16(13)15/h1-8,15H,9-12H2,(H,20,21)(H,22,23). The summed E-state index contributed by atoms with van der Waals surface area (Å²) < 4.78 is 0. The van der Waals surface area contributed by atoms with Crippen molar-refractivity contribution in [3.8, 4) is 0 Å². The Kier molecular flexibility index (Phi) is 4.42. The lowest BCUT2D eigenvalue weighted by atomic mass is 10.0. The van der Waals surface area contributed by atoms with E-state index in [2.05, 4.69) is 17.4 Å². The van der Waals surface area contributed by atoms with E-state index in [1.165, 1.54) is 17.2 Å². The number of nitrogens with one attached hydrogen (secondary N) is 1. The quantitative estimate of drug-likeness (QED) is 0.892. The summed E-state index contributed by atoms with van der Waals surface area (Å²) in [6, 6.07) is 15.0. The number of hydrogen-bond acceptors (Lipinski definition) is 2. The lowest BCUT2D eigenvalue weighted by Gasteiger charge is -2.13. The summed E-state index contributed by atoms with van der Waals surface area (Å²) in [5.41, 5.74) is 3.42. The average Bonchev–Trinajstić information content (AvgIpc) is 2.96. The van der Waals surface area contributed by atoms with E-state index in [0.717, 1.165) is 12.8 Å². The summed E-state index contributed by atoms with van der Waals surface area (Å²) in [5.74, 6) is -0.786. The summed E-state index contributed by atoms with van der Waals surface area (Å²) in [7, 11) is 0. The smallest absolute Gasteiger partial charge is 0.335 e. The molecular weight excluding hydrogens is 290 g/mol. The van der Waals surface area contributed by atoms with Gasteiger partial charge in [-0.15, -0.1) is 0 Å². The molecule has 23 heavy (non-hydrogen) atoms. The van der Waals surface area contributed by atoms with Crippen LogP contribution < -0.4 is 5.32 Å². The molecule has 2 N–H and O–H groups in total. The SMILES string of the molecule is O=C(Cc1ccccc1C(=O)O)NCC1CCc2ccccc21. The summed E-state index contributed by atoms with van der Waals surface area (Å²) >= 11 is 0. The Bertz CT molecular complexity index is 739. The van der Waals surface area contributed by atoms with Gasteiger partial charge in [0.2, 0.25) is 5.91 Å². The van der Waals surface area contributed by atoms with Gasteiger partial charge in [-0.1, -0.05) is 42.5 Å². The monoisotopic (exact) mass is 309 g/mol. The Hall–Kier alpha value is -2.62. The number of carboxylic acids is 1. The molecule has 0 spiro atoms. The molecule has 2 aromatic carbocycles. The molecule has 1 unspecified atom stereocenters. The number of hydrogen-bond donors (Lipinski definition) is 2. The van der Waals surface area contributed by atoms with Crippen molar-refractivity contribution in [2.45, 2.75) is 25.2 Å². The van der Waals surface area contributed by atoms with E-state index in [0.29, 0.717) is 18.0 Å². The molecule has 0 aliphatic heterocycles. The maximum atomic E-state index is 12.2. The molecule has 0 aromatic heterocycles. The van der Waals surface area contributed by atoms with Gasteiger partial charge in [-0.2, -0.15) is 0 Å². The zero-order valence-electron chi connectivity index (χ0n) is 12.8. The first-order valence-electron chi connectivity index (χ1n) is 7.81. The van der Waals surface area contributed by atoms with Crippen LogP contribution in [-0.4, -0.2) is 23.5 Å². The van der Waals surface area contributed by atoms with Crippen LogP contribution in [0.3, 0.4) is 0 Å². The third kappa shape index (κ3) is 3.42. The van der Waals surface area contributed by atoms with Crippen LogP contribution in [0.2, 0.25) is 0 Å². The normalized spacial score (nSPS) is 15.9. The Morgan fingerprint density at radius 3 is 2.65 bits per heavy atom. The number of aryl methyl sites for hydroxylation is 1. The number of rotatable bonds is 5. The van der Waals surface area contributed by atoms with Gasteiger partial charge in [0.15, 0.2) is 0 Å². The number of amides is 1. The molecule has 4 nitrogen and oxygen atoms in total. The van der Waals surface area contributed by atoms with Gasteiger partial charge in [0.25, 0.3) is 0 Å². The van der Waals surface area contributed by atoms with E-state index in [1.54, 1.807) is 18.2 Å². The molecular formula is C19H19NO3. The van der Waals surface area contributed by atoms with Crippen molar-refractivity contribution in [3.05, 3.63) is 70.8 Å². The molecule has 2 aromatic rings. The number of fused-ring (bicyclic) bond motifs is 1. The fourth-order valence-electron chi connectivity index (χ4n) is 3.21. The van der Waals surface area contributed by atoms with E-state index in [1.807, 2.05) is 12.1 Å². The van der Waals surface area contributed by atoms with Gasteiger partial charge in [0, 0.05) is 12.5 Å². The van der Waals surface area contributed by atoms with Crippen molar-refractivity contribution in [2.24, 2.45) is 0 Å². The number of carboxylic acid groups (broad SMARTS) is 1. The molecule has 1 aliphatic rings. The van der Waals surface area contributed by atoms with Crippen molar-refractivity contribution in [2.75, 3.05) is 6.54 Å². The highest BCUT2D eigenvalue weighted by atomic mass is 16.4. The Labute approximate surface area is 135 Å². The van der Waals surface area contributed by atoms with E-state index >= 15 is 0 Å². The van der Waals surface area contributed by atoms with Crippen LogP contribution in [-0.2, 0) is 17.6 Å². The van der Waals surface area contributed by atoms with Crippen LogP contribution in [0.1, 0.15) is 39.4 Å². The molecule has 0 bridgehead atoms. The van der Waals surface area contributed by atoms with Crippen LogP contribution in [0.5, 0.6) is 0 Å². The fraction of sp³-hybridized carbons (Fsp3) is 0.263. The second-order valence-electron chi connectivity index (χ2n) is 5.88. The van der Waals surface area contributed by atoms with Gasteiger partial charge in [0.1, 0.15) is 0 Å². The number of benzene rings is 2. The minimum atomic E-state index is -1.00. The van der Waals surface area contributed by atoms with Crippen LogP contribution in [0.4, 0.5) is 0 Å². The van der Waals surface area contributed by atoms with Gasteiger partial charge < -0.3 is 10.4 Å². The largest absolute Gasteiger partial charge is 0.478 e. The molecule has 0 heterocycles. The van der Waals surface area contributed by atoms with Crippen molar-refractivity contribution >= 4 is 11.9 Å². The van der Waals surface area contributed by atoms with Gasteiger partial charge in [0.05, 0.1) is 12.0 Å². The lowest BCUT2D eigenvalue weighted by molar-refractivity contribution is -0.120. The zero-order chi connectivity index (χ0) is 16.2. The molecule has 1 aliphatic carbocycles. The second kappa shape index (κ2) is 6.65. The maximum Gasteiger partial charge on any atom is 0.335 e. The highest BCUT2D eigenvalue weighted by Crippen LogP contribution is 2.32. The molecule has 0 saturated heterocycles. The number of carbonyl (C=O) groups excluding carboxylic acids is 1. The summed E-state index contributed by atoms with van der Waals surface area (Å²) in [5, 5.41) is 12.1. The molecule has 4 heteroatoms. The van der Waals surface area contributed by atoms with E-state index in [9.17, 15) is 9.59 Å². The van der Waals surface area contributed by atoms with Gasteiger partial charge >= 0.3 is 5.97 Å². The minimum Gasteiger partial charge on any atom is -0.478 e. The Morgan fingerprint density at radius 2 is 1.83 bits per heavy atom. The molecule has 1 amide bonds. The first-order chi connectivity index (χ1) is 11.1. The van der Waals surface area contributed by atoms with Crippen molar-refractivity contribution in [1.29, 1.82) is 0 Å². The molecule has 0 radical (unpaired) electrons. The fourth-order valence-corrected chi connectivity index (χ4v) is 3.21. The topological polar surface area (TPSA) is 66.4 Å². The van der Waals surface area contributed by atoms with Gasteiger partial charge in [-0.25, -0.2) is 4.79 Å². The lowest BCUT2D eigenvalue weighted by Crippen LogP contribution is -2.29. The van der Waals surface area contributed by atoms with E-state index in [-0.39, 0.29) is 17.9 Å². The van der Waals surface area contributed by atoms with Crippen LogP contribution in [0.15, 0.2) is 48.5 Å². The zero-order valence-corrected chi connectivity index (χ0v) is 12.8. The van der Waals surface area contributed by atoms with Crippen molar-refractivity contribution < 1.29 is 14.7 Å². The van der Waals surface area contributed by atoms with E-state index < -0.39 is 5.97 Å². The third-order valence-corrected chi connectivity index (χ3v) is 4.40. The van der Waals surface area contributed by atoms with Crippen molar-refractivity contribution in [3.63, 3.8) is 0 Å². The molecule has 118 valence electrons. The minimum absolute atomic E-state index is 0.0941. The van der Waals surface area contributed by atoms with Crippen LogP contribution in [0.25, 0.3) is 0 Å². The molecule has 3 rings (SSSR count). The van der Waals surface area contributed by atoms with Crippen molar-refractivity contribution in [1.82, 2.24) is 5.32 Å². The molecule has 0 fully saturated rings. The van der Waals surface area contributed by atoms with E-state index in [4.69, 9.17) is 5.11 Å². The predicted octanol–water partition coefficient (Wildman–Crippen LogP) is 2.77. The molecule has 1 atom stereocenters. The highest BCUT2D eigenvalue weighted by molar-refractivity contribution is 5.91. The van der Waals surface area contributed by atoms with Crippen LogP contribution >= 0.6 is 0 Å². The predicted molar refractivity (Wildman–Crippen MR) is 87.6 cm³/mol. The summed E-state index contributed by atoms with van der Waals surface area (Å²) in [6.45, 7) is 0.602. The Morgan fingerprint density at radius 1 is 1.09 bits per heavy atom. The van der Waals surface area contributed by atoms with Gasteiger partial charge in [-0.3, -0.25) is 4.79 Å². The highest BCUT2D eigenvalue weighted by Gasteiger charge is 2.22. The summed E-state index contributed by atoms with van der Waals surface area (Å²) in [4.78, 5) is 23.3. The number of aromatic carboxylic acids is 1. The molecule has 0 saturated carbocycles. The second-order valence-corrected chi connectivity index (χ2v) is 5.88. The first kappa shape index (κ1) is 15.3. The first-order valence-corrected chi connectivity index (χ1v) is 7.81. The number of carbonyl (C=O) groups is 2. The van der Waals surface area contributed by atoms with Crippen LogP contribution in [0, 0.1) is 0 Å².